The third-order valence-electron chi connectivity index (χ3n) is 21.5. The number of fused-ring (bicyclic) bond motifs is 4. The van der Waals surface area contributed by atoms with Gasteiger partial charge in [-0.25, -0.2) is 4.85 Å². The first-order valence-electron chi connectivity index (χ1n) is 43.2. The average molecular weight is 1850 g/mol. The average Bonchev–Trinajstić information content (AvgIpc) is 1.69. The number of esters is 2. The van der Waals surface area contributed by atoms with Gasteiger partial charge in [0.1, 0.15) is 52.4 Å². The van der Waals surface area contributed by atoms with Gasteiger partial charge in [0.15, 0.2) is 11.5 Å². The van der Waals surface area contributed by atoms with Gasteiger partial charge in [0, 0.05) is 204 Å². The fourth-order valence-electron chi connectivity index (χ4n) is 14.3. The Balaban J connectivity index is 0.000000136. The number of amidine groups is 1. The van der Waals surface area contributed by atoms with Gasteiger partial charge in [-0.1, -0.05) is 70.1 Å². The highest BCUT2D eigenvalue weighted by atomic mass is 16.7. The number of nitrogens with zero attached hydrogens (tertiary/aromatic N) is 14. The van der Waals surface area contributed by atoms with E-state index in [-0.39, 0.29) is 35.9 Å². The first-order chi connectivity index (χ1) is 67.5. The van der Waals surface area contributed by atoms with E-state index in [0.29, 0.717) is 134 Å². The molecule has 4 amide bonds. The van der Waals surface area contributed by atoms with E-state index in [2.05, 4.69) is 101 Å². The van der Waals surface area contributed by atoms with Gasteiger partial charge in [-0.15, -0.1) is 0 Å². The molecule has 1 aliphatic rings. The molecule has 0 aliphatic carbocycles. The zero-order valence-corrected chi connectivity index (χ0v) is 75.8. The number of hydrogen-bond donors (Lipinski definition) is 6. The van der Waals surface area contributed by atoms with Crippen molar-refractivity contribution in [3.63, 3.8) is 0 Å². The minimum atomic E-state index is -1.08. The SMILES string of the molecule is CC1(C)OC(=O)CC(=O)O1.Cc1c(Oc2ccnc3cc(-c4ncon4)ccc23)cccc1C(=O)NCc1ccncc1.Cc1c(Oc2ccnc3cc(C(N)=NO)ccc23)cccc1C(=O)NCc1ccncc1.Cc1nc(-c2ccc3c(Oc4cccc(C(=O)NCc5ccncc5)c4C)ccnc3c2)no1.[C-]#[N+]c1ccc2c(Oc3cccc(C(=O)NCc4ccncc4)c3C)ccnc2c1. The predicted octanol–water partition coefficient (Wildman–Crippen LogP) is 18.9. The predicted molar refractivity (Wildman–Crippen MR) is 515 cm³/mol. The number of amides is 4. The van der Waals surface area contributed by atoms with Gasteiger partial charge in [0.2, 0.25) is 23.9 Å². The van der Waals surface area contributed by atoms with Crippen molar-refractivity contribution in [1.29, 1.82) is 0 Å². The van der Waals surface area contributed by atoms with Gasteiger partial charge in [-0.05, 0) is 214 Å². The van der Waals surface area contributed by atoms with Crippen LogP contribution in [0.25, 0.3) is 71.2 Å². The van der Waals surface area contributed by atoms with Crippen molar-refractivity contribution in [2.75, 3.05) is 0 Å². The first kappa shape index (κ1) is 94.7. The topological polar surface area (TPSA) is 450 Å². The van der Waals surface area contributed by atoms with E-state index in [9.17, 15) is 28.8 Å². The number of cyclic esters (lactones) is 2. The van der Waals surface area contributed by atoms with E-state index in [0.717, 1.165) is 88.2 Å². The standard InChI is InChI=1S/C26H21N5O3.C25H19N5O3.C24H21N5O3.C24H18N4O2.C6H8O4/c1-16-20(26(32)29-15-18-8-11-27-12-9-18)4-3-5-23(16)33-24-10-13-28-22-14-19(6-7-21(22)24)25-30-17(2)34-31-25;1-16-19(25(31)28-14-17-7-10-26-11-8-17)3-2-4-22(16)33-23-9-12-27-21-13-18(5-6-20(21)23)24-29-15-32-30-24;1-15-18(24(30)28-14-16-7-10-26-11-8-16)3-2-4-21(15)32-22-9-12-27-20-13-17(23(25)29-31)5-6-19(20)22;1-16-19(24(29)28-15-17-8-11-26-12-9-17)4-3-5-22(16)30-23-10-13-27-21-14-18(25-2)6-7-20(21)23;1-6(2)9-4(7)3-5(8)10-6/h3-14H,15H2,1-2H3,(H,29,32);2-13,15H,14H2,1H3,(H,28,31);2-13,31H,14H2,1H3,(H2,25,29)(H,28,30);3-14H,15H2,1H3,(H,28,29);3H2,1-2H3. The number of hydrogen-bond acceptors (Lipinski definition) is 28. The number of oxime groups is 1. The summed E-state index contributed by atoms with van der Waals surface area (Å²) in [5, 5.41) is 34.7. The van der Waals surface area contributed by atoms with Crippen molar-refractivity contribution in [2.24, 2.45) is 10.9 Å². The summed E-state index contributed by atoms with van der Waals surface area (Å²) < 4.78 is 44.0. The van der Waals surface area contributed by atoms with Crippen molar-refractivity contribution in [2.45, 2.75) is 86.9 Å². The summed E-state index contributed by atoms with van der Waals surface area (Å²) in [5.41, 5.74) is 20.2. The molecule has 10 aromatic heterocycles. The summed E-state index contributed by atoms with van der Waals surface area (Å²) in [4.78, 5) is 118. The number of nitrogens with one attached hydrogen (secondary N) is 4. The fraction of sp³-hybridized carbons (Fsp3) is 0.124. The summed E-state index contributed by atoms with van der Waals surface area (Å²) in [6.45, 7) is 21.0. The smallest absolute Gasteiger partial charge is 0.320 e. The lowest BCUT2D eigenvalue weighted by Crippen LogP contribution is -2.39. The number of rotatable bonds is 23. The normalized spacial score (nSPS) is 11.8. The maximum atomic E-state index is 12.8. The van der Waals surface area contributed by atoms with Gasteiger partial charge in [0.05, 0.1) is 28.6 Å². The maximum Gasteiger partial charge on any atom is 0.320 e. The van der Waals surface area contributed by atoms with Gasteiger partial charge in [-0.3, -0.25) is 68.6 Å². The Hall–Kier alpha value is -18.9. The third-order valence-corrected chi connectivity index (χ3v) is 21.5. The molecule has 139 heavy (non-hydrogen) atoms. The second-order valence-electron chi connectivity index (χ2n) is 31.4. The highest BCUT2D eigenvalue weighted by Gasteiger charge is 2.34. The van der Waals surface area contributed by atoms with Gasteiger partial charge >= 0.3 is 11.9 Å². The number of ether oxygens (including phenoxy) is 6. The molecule has 0 atom stereocenters. The lowest BCUT2D eigenvalue weighted by molar-refractivity contribution is -0.231. The number of carbonyl (C=O) groups excluding carboxylic acids is 6. The molecule has 11 heterocycles. The first-order valence-corrected chi connectivity index (χ1v) is 43.2. The highest BCUT2D eigenvalue weighted by Crippen LogP contribution is 2.39. The quantitative estimate of drug-likeness (QED) is 0.00659. The Morgan fingerprint density at radius 1 is 0.410 bits per heavy atom. The van der Waals surface area contributed by atoms with Crippen LogP contribution in [-0.2, 0) is 45.2 Å². The molecule has 19 rings (SSSR count). The Kier molecular flexibility index (Phi) is 30.3. The van der Waals surface area contributed by atoms with Crippen molar-refractivity contribution in [3.05, 3.63) is 389 Å². The molecule has 34 heteroatoms. The van der Waals surface area contributed by atoms with Gasteiger partial charge in [0.25, 0.3) is 29.4 Å². The van der Waals surface area contributed by atoms with Crippen LogP contribution in [0.5, 0.6) is 46.0 Å². The third kappa shape index (κ3) is 24.3. The van der Waals surface area contributed by atoms with Crippen molar-refractivity contribution in [3.8, 4) is 68.8 Å². The van der Waals surface area contributed by atoms with Crippen LogP contribution in [-0.4, -0.2) is 113 Å². The number of aromatic nitrogens is 12. The summed E-state index contributed by atoms with van der Waals surface area (Å²) in [7, 11) is 0. The number of benzene rings is 8. The zero-order valence-electron chi connectivity index (χ0n) is 75.8. The zero-order chi connectivity index (χ0) is 97.3. The number of pyridine rings is 8. The molecular weight excluding hydrogens is 1770 g/mol. The molecule has 1 fully saturated rings. The molecule has 18 aromatic rings. The monoisotopic (exact) mass is 1850 g/mol. The van der Waals surface area contributed by atoms with Crippen LogP contribution in [0.4, 0.5) is 5.69 Å². The number of carbonyl (C=O) groups is 6. The fourth-order valence-corrected chi connectivity index (χ4v) is 14.3. The van der Waals surface area contributed by atoms with Crippen molar-refractivity contribution < 1.29 is 71.4 Å². The van der Waals surface area contributed by atoms with Gasteiger partial charge < -0.3 is 69.7 Å². The van der Waals surface area contributed by atoms with E-state index in [4.69, 9.17) is 45.5 Å². The second kappa shape index (κ2) is 44.5. The Labute approximate surface area is 794 Å². The molecule has 0 radical (unpaired) electrons. The Morgan fingerprint density at radius 3 is 1.07 bits per heavy atom. The van der Waals surface area contributed by atoms with E-state index >= 15 is 0 Å². The molecular formula is C105H87N19O15. The van der Waals surface area contributed by atoms with Crippen LogP contribution in [0, 0.1) is 41.2 Å². The Bertz CT molecular complexity index is 7590. The second-order valence-corrected chi connectivity index (χ2v) is 31.4. The molecule has 0 spiro atoms. The van der Waals surface area contributed by atoms with Crippen LogP contribution in [0.3, 0.4) is 0 Å². The van der Waals surface area contributed by atoms with Crippen LogP contribution in [0.2, 0.25) is 0 Å². The summed E-state index contributed by atoms with van der Waals surface area (Å²) in [5.74, 6) is 3.51. The number of nitrogens with two attached hydrogens (primary N) is 1. The van der Waals surface area contributed by atoms with Crippen molar-refractivity contribution >= 4 is 90.7 Å². The maximum absolute atomic E-state index is 12.8. The summed E-state index contributed by atoms with van der Waals surface area (Å²) in [6, 6.07) is 65.6. The minimum Gasteiger partial charge on any atom is -0.456 e. The molecule has 0 saturated carbocycles. The molecule has 1 saturated heterocycles. The molecule has 34 nitrogen and oxygen atoms in total. The Morgan fingerprint density at radius 2 is 0.748 bits per heavy atom. The van der Waals surface area contributed by atoms with Crippen LogP contribution < -0.4 is 45.9 Å². The van der Waals surface area contributed by atoms with E-state index in [1.807, 2.05) is 149 Å². The van der Waals surface area contributed by atoms with E-state index in [1.54, 1.807) is 178 Å². The highest BCUT2D eigenvalue weighted by molar-refractivity contribution is 6.02. The molecule has 0 bridgehead atoms. The number of aryl methyl sites for hydroxylation is 1. The lowest BCUT2D eigenvalue weighted by atomic mass is 10.1. The van der Waals surface area contributed by atoms with Crippen LogP contribution >= 0.6 is 0 Å². The largest absolute Gasteiger partial charge is 0.456 e. The minimum absolute atomic E-state index is 0.00125. The molecule has 692 valence electrons. The van der Waals surface area contributed by atoms with E-state index in [1.165, 1.54) is 20.2 Å². The summed E-state index contributed by atoms with van der Waals surface area (Å²) in [6.07, 6.45) is 21.2. The van der Waals surface area contributed by atoms with Gasteiger partial charge in [-0.2, -0.15) is 9.97 Å². The molecule has 8 aromatic carbocycles. The van der Waals surface area contributed by atoms with E-state index < -0.39 is 17.7 Å². The molecule has 0 unspecified atom stereocenters. The molecule has 7 N–H and O–H groups in total. The summed E-state index contributed by atoms with van der Waals surface area (Å²) >= 11 is 0. The van der Waals surface area contributed by atoms with Crippen LogP contribution in [0.1, 0.15) is 118 Å². The molecule has 1 aliphatic heterocycles. The van der Waals surface area contributed by atoms with Crippen LogP contribution in [0.15, 0.2) is 313 Å². The van der Waals surface area contributed by atoms with Crippen molar-refractivity contribution in [1.82, 2.24) is 81.4 Å². The lowest BCUT2D eigenvalue weighted by Gasteiger charge is -2.28.